The van der Waals surface area contributed by atoms with Gasteiger partial charge in [-0.1, -0.05) is 56.0 Å². The number of thiocarbonyl (C=S) groups is 1. The smallest absolute Gasteiger partial charge is 0.270 e. The van der Waals surface area contributed by atoms with Gasteiger partial charge in [-0.05, 0) is 30.2 Å². The SMILES string of the molecule is CC(C)COc1ccccc1/C=C1/SC(=S)N(c2ccc3c(c2)OCO3)C1=O. The predicted molar refractivity (Wildman–Crippen MR) is 115 cm³/mol. The van der Waals surface area contributed by atoms with E-state index >= 15 is 0 Å². The molecule has 2 aromatic carbocycles. The standard InChI is InChI=1S/C21H19NO4S2/c1-13(2)11-24-16-6-4-3-5-14(16)9-19-20(23)22(21(27)28-19)15-7-8-17-18(10-15)26-12-25-17/h3-10,13H,11-12H2,1-2H3/b19-9+. The first-order valence-corrected chi connectivity index (χ1v) is 10.1. The number of thioether (sulfide) groups is 1. The lowest BCUT2D eigenvalue weighted by molar-refractivity contribution is -0.113. The van der Waals surface area contributed by atoms with E-state index < -0.39 is 0 Å². The average molecular weight is 414 g/mol. The zero-order valence-electron chi connectivity index (χ0n) is 15.5. The van der Waals surface area contributed by atoms with Gasteiger partial charge in [0, 0.05) is 11.6 Å². The van der Waals surface area contributed by atoms with Crippen molar-refractivity contribution in [3.05, 3.63) is 52.9 Å². The maximum Gasteiger partial charge on any atom is 0.270 e. The van der Waals surface area contributed by atoms with Crippen molar-refractivity contribution in [1.82, 2.24) is 0 Å². The molecule has 2 heterocycles. The van der Waals surface area contributed by atoms with Crippen molar-refractivity contribution in [2.75, 3.05) is 18.3 Å². The third-order valence-electron chi connectivity index (χ3n) is 4.19. The van der Waals surface area contributed by atoms with Gasteiger partial charge < -0.3 is 14.2 Å². The minimum Gasteiger partial charge on any atom is -0.493 e. The second-order valence-electron chi connectivity index (χ2n) is 6.80. The summed E-state index contributed by atoms with van der Waals surface area (Å²) in [6.07, 6.45) is 1.84. The molecule has 0 spiro atoms. The quantitative estimate of drug-likeness (QED) is 0.516. The molecule has 0 aromatic heterocycles. The van der Waals surface area contributed by atoms with Crippen LogP contribution in [0.25, 0.3) is 6.08 Å². The summed E-state index contributed by atoms with van der Waals surface area (Å²) >= 11 is 6.74. The molecule has 0 unspecified atom stereocenters. The Kier molecular flexibility index (Phi) is 5.28. The van der Waals surface area contributed by atoms with Crippen LogP contribution in [0, 0.1) is 5.92 Å². The van der Waals surface area contributed by atoms with Crippen molar-refractivity contribution in [1.29, 1.82) is 0 Å². The topological polar surface area (TPSA) is 48.0 Å². The summed E-state index contributed by atoms with van der Waals surface area (Å²) < 4.78 is 17.1. The molecule has 0 bridgehead atoms. The molecule has 0 saturated carbocycles. The molecule has 1 saturated heterocycles. The van der Waals surface area contributed by atoms with E-state index in [1.807, 2.05) is 30.3 Å². The number of para-hydroxylation sites is 1. The van der Waals surface area contributed by atoms with Crippen LogP contribution >= 0.6 is 24.0 Å². The van der Waals surface area contributed by atoms with Gasteiger partial charge in [-0.15, -0.1) is 0 Å². The van der Waals surface area contributed by atoms with Gasteiger partial charge in [0.2, 0.25) is 6.79 Å². The van der Waals surface area contributed by atoms with E-state index in [-0.39, 0.29) is 12.7 Å². The normalized spacial score (nSPS) is 17.1. The van der Waals surface area contributed by atoms with E-state index in [1.54, 1.807) is 18.2 Å². The molecule has 144 valence electrons. The van der Waals surface area contributed by atoms with Crippen LogP contribution in [-0.2, 0) is 4.79 Å². The largest absolute Gasteiger partial charge is 0.493 e. The highest BCUT2D eigenvalue weighted by Crippen LogP contribution is 2.41. The van der Waals surface area contributed by atoms with Crippen molar-refractivity contribution in [2.24, 2.45) is 5.92 Å². The average Bonchev–Trinajstić information content (AvgIpc) is 3.24. The number of benzene rings is 2. The molecule has 2 aliphatic heterocycles. The molecule has 0 N–H and O–H groups in total. The number of hydrogen-bond donors (Lipinski definition) is 0. The summed E-state index contributed by atoms with van der Waals surface area (Å²) in [6.45, 7) is 4.99. The lowest BCUT2D eigenvalue weighted by Gasteiger charge is -2.15. The monoisotopic (exact) mass is 413 g/mol. The number of rotatable bonds is 5. The van der Waals surface area contributed by atoms with Gasteiger partial charge in [-0.25, -0.2) is 0 Å². The minimum atomic E-state index is -0.160. The highest BCUT2D eigenvalue weighted by Gasteiger charge is 2.34. The van der Waals surface area contributed by atoms with Gasteiger partial charge in [-0.3, -0.25) is 9.69 Å². The Hall–Kier alpha value is -2.51. The molecular formula is C21H19NO4S2. The third-order valence-corrected chi connectivity index (χ3v) is 5.49. The van der Waals surface area contributed by atoms with E-state index in [2.05, 4.69) is 13.8 Å². The Morgan fingerprint density at radius 2 is 2.00 bits per heavy atom. The Morgan fingerprint density at radius 1 is 1.21 bits per heavy atom. The second kappa shape index (κ2) is 7.85. The number of carbonyl (C=O) groups is 1. The molecule has 7 heteroatoms. The van der Waals surface area contributed by atoms with Crippen LogP contribution in [0.15, 0.2) is 47.4 Å². The minimum absolute atomic E-state index is 0.160. The van der Waals surface area contributed by atoms with Crippen LogP contribution in [0.1, 0.15) is 19.4 Å². The fraction of sp³-hybridized carbons (Fsp3) is 0.238. The number of fused-ring (bicyclic) bond motifs is 1. The first kappa shape index (κ1) is 18.8. The van der Waals surface area contributed by atoms with Gasteiger partial charge in [0.15, 0.2) is 15.8 Å². The maximum atomic E-state index is 13.0. The van der Waals surface area contributed by atoms with Crippen molar-refractivity contribution in [3.63, 3.8) is 0 Å². The molecule has 2 aromatic rings. The molecule has 0 atom stereocenters. The van der Waals surface area contributed by atoms with Gasteiger partial charge in [0.05, 0.1) is 17.2 Å². The Morgan fingerprint density at radius 3 is 2.82 bits per heavy atom. The van der Waals surface area contributed by atoms with E-state index in [0.717, 1.165) is 11.3 Å². The molecule has 28 heavy (non-hydrogen) atoms. The van der Waals surface area contributed by atoms with Crippen LogP contribution in [0.2, 0.25) is 0 Å². The molecule has 1 amide bonds. The zero-order valence-corrected chi connectivity index (χ0v) is 17.1. The van der Waals surface area contributed by atoms with E-state index in [4.69, 9.17) is 26.4 Å². The number of hydrogen-bond acceptors (Lipinski definition) is 6. The second-order valence-corrected chi connectivity index (χ2v) is 8.47. The van der Waals surface area contributed by atoms with Crippen molar-refractivity contribution < 1.29 is 19.0 Å². The van der Waals surface area contributed by atoms with Gasteiger partial charge in [-0.2, -0.15) is 0 Å². The van der Waals surface area contributed by atoms with Crippen molar-refractivity contribution in [2.45, 2.75) is 13.8 Å². The molecule has 4 rings (SSSR count). The van der Waals surface area contributed by atoms with Gasteiger partial charge in [0.25, 0.3) is 5.91 Å². The number of anilines is 1. The lowest BCUT2D eigenvalue weighted by Crippen LogP contribution is -2.27. The van der Waals surface area contributed by atoms with Crippen LogP contribution < -0.4 is 19.1 Å². The first-order chi connectivity index (χ1) is 13.5. The van der Waals surface area contributed by atoms with E-state index in [1.165, 1.54) is 16.7 Å². The fourth-order valence-electron chi connectivity index (χ4n) is 2.84. The summed E-state index contributed by atoms with van der Waals surface area (Å²) in [5.41, 5.74) is 1.52. The molecule has 0 aliphatic carbocycles. The zero-order chi connectivity index (χ0) is 19.7. The number of nitrogens with zero attached hydrogens (tertiary/aromatic N) is 1. The van der Waals surface area contributed by atoms with Crippen LogP contribution in [-0.4, -0.2) is 23.6 Å². The highest BCUT2D eigenvalue weighted by atomic mass is 32.2. The van der Waals surface area contributed by atoms with Crippen molar-refractivity contribution >= 4 is 46.0 Å². The number of amides is 1. The van der Waals surface area contributed by atoms with Crippen LogP contribution in [0.3, 0.4) is 0 Å². The highest BCUT2D eigenvalue weighted by molar-refractivity contribution is 8.27. The van der Waals surface area contributed by atoms with E-state index in [9.17, 15) is 4.79 Å². The molecule has 1 fully saturated rings. The fourth-order valence-corrected chi connectivity index (χ4v) is 4.13. The van der Waals surface area contributed by atoms with Crippen molar-refractivity contribution in [3.8, 4) is 17.2 Å². The molecule has 0 radical (unpaired) electrons. The maximum absolute atomic E-state index is 13.0. The lowest BCUT2D eigenvalue weighted by atomic mass is 10.1. The molecular weight excluding hydrogens is 394 g/mol. The Bertz CT molecular complexity index is 971. The molecule has 2 aliphatic rings. The van der Waals surface area contributed by atoms with Gasteiger partial charge >= 0.3 is 0 Å². The third kappa shape index (κ3) is 3.72. The summed E-state index contributed by atoms with van der Waals surface area (Å²) in [5, 5.41) is 0. The summed E-state index contributed by atoms with van der Waals surface area (Å²) in [6, 6.07) is 13.1. The molecule has 5 nitrogen and oxygen atoms in total. The number of carbonyl (C=O) groups excluding carboxylic acids is 1. The summed E-state index contributed by atoms with van der Waals surface area (Å²) in [4.78, 5) is 15.1. The van der Waals surface area contributed by atoms with E-state index in [0.29, 0.717) is 38.9 Å². The Balaban J connectivity index is 1.61. The first-order valence-electron chi connectivity index (χ1n) is 8.92. The summed E-state index contributed by atoms with van der Waals surface area (Å²) in [7, 11) is 0. The number of ether oxygens (including phenoxy) is 3. The van der Waals surface area contributed by atoms with Crippen LogP contribution in [0.5, 0.6) is 17.2 Å². The predicted octanol–water partition coefficient (Wildman–Crippen LogP) is 4.86. The summed E-state index contributed by atoms with van der Waals surface area (Å²) in [5.74, 6) is 2.29. The van der Waals surface area contributed by atoms with Gasteiger partial charge in [0.1, 0.15) is 5.75 Å². The van der Waals surface area contributed by atoms with Crippen LogP contribution in [0.4, 0.5) is 5.69 Å². The Labute approximate surface area is 173 Å².